The molecule has 0 atom stereocenters. The van der Waals surface area contributed by atoms with Gasteiger partial charge < -0.3 is 0 Å². The molecule has 0 saturated heterocycles. The maximum Gasteiger partial charge on any atom is 0.161 e. The Morgan fingerprint density at radius 1 is 0.333 bits per heavy atom. The Kier molecular flexibility index (Phi) is 7.06. The summed E-state index contributed by atoms with van der Waals surface area (Å²) in [5.74, 6) is 1.41. The molecular weight excluding hydrogens is 713 g/mol. The van der Waals surface area contributed by atoms with Gasteiger partial charge in [-0.1, -0.05) is 158 Å². The van der Waals surface area contributed by atoms with E-state index < -0.39 is 0 Å². The lowest BCUT2D eigenvalue weighted by Gasteiger charge is -2.14. The van der Waals surface area contributed by atoms with Crippen LogP contribution in [-0.4, -0.2) is 19.9 Å². The predicted octanol–water partition coefficient (Wildman–Crippen LogP) is 14.1. The molecule has 0 bridgehead atoms. The van der Waals surface area contributed by atoms with E-state index in [-0.39, 0.29) is 0 Å². The van der Waals surface area contributed by atoms with E-state index in [1.165, 1.54) is 42.4 Å². The van der Waals surface area contributed by atoms with Crippen molar-refractivity contribution in [2.45, 2.75) is 0 Å². The van der Waals surface area contributed by atoms with Crippen molar-refractivity contribution in [1.82, 2.24) is 19.9 Å². The van der Waals surface area contributed by atoms with Crippen LogP contribution in [0.1, 0.15) is 0 Å². The van der Waals surface area contributed by atoms with E-state index in [1.807, 2.05) is 6.07 Å². The maximum atomic E-state index is 5.41. The number of nitrogens with zero attached hydrogens (tertiary/aromatic N) is 4. The van der Waals surface area contributed by atoms with Gasteiger partial charge in [0.05, 0.1) is 27.1 Å². The first-order valence-corrected chi connectivity index (χ1v) is 20.0. The van der Waals surface area contributed by atoms with Crippen molar-refractivity contribution in [3.05, 3.63) is 182 Å². The van der Waals surface area contributed by atoms with Gasteiger partial charge in [0, 0.05) is 37.7 Å². The van der Waals surface area contributed by atoms with Crippen LogP contribution in [0.3, 0.4) is 0 Å². The highest BCUT2D eigenvalue weighted by molar-refractivity contribution is 7.26. The van der Waals surface area contributed by atoms with Gasteiger partial charge in [-0.3, -0.25) is 0 Å². The van der Waals surface area contributed by atoms with E-state index in [4.69, 9.17) is 19.9 Å². The second-order valence-electron chi connectivity index (χ2n) is 14.5. The van der Waals surface area contributed by atoms with Crippen molar-refractivity contribution >= 4 is 85.6 Å². The Morgan fingerprint density at radius 3 is 1.54 bits per heavy atom. The van der Waals surface area contributed by atoms with Crippen LogP contribution in [0, 0.1) is 0 Å². The molecule has 0 aliphatic rings. The smallest absolute Gasteiger partial charge is 0.161 e. The van der Waals surface area contributed by atoms with Crippen molar-refractivity contribution in [1.29, 1.82) is 0 Å². The van der Waals surface area contributed by atoms with Gasteiger partial charge in [0.25, 0.3) is 0 Å². The molecule has 5 heteroatoms. The van der Waals surface area contributed by atoms with Crippen LogP contribution in [0.15, 0.2) is 182 Å². The minimum Gasteiger partial charge on any atom is -0.228 e. The minimum absolute atomic E-state index is 0.686. The molecule has 3 aromatic heterocycles. The molecule has 3 heterocycles. The number of aromatic nitrogens is 4. The van der Waals surface area contributed by atoms with Crippen LogP contribution in [-0.2, 0) is 0 Å². The van der Waals surface area contributed by atoms with E-state index in [1.54, 1.807) is 11.3 Å². The Balaban J connectivity index is 1.04. The molecule has 4 nitrogen and oxygen atoms in total. The molecule has 0 amide bonds. The summed E-state index contributed by atoms with van der Waals surface area (Å²) in [4.78, 5) is 21.2. The van der Waals surface area contributed by atoms with Crippen LogP contribution < -0.4 is 0 Å². The number of fused-ring (bicyclic) bond motifs is 10. The average molecular weight is 743 g/mol. The van der Waals surface area contributed by atoms with E-state index in [2.05, 4.69) is 176 Å². The Morgan fingerprint density at radius 2 is 0.842 bits per heavy atom. The summed E-state index contributed by atoms with van der Waals surface area (Å²) in [7, 11) is 0. The number of benzene rings is 9. The molecule has 12 aromatic rings. The number of thiophene rings is 1. The van der Waals surface area contributed by atoms with Gasteiger partial charge in [0.2, 0.25) is 0 Å². The summed E-state index contributed by atoms with van der Waals surface area (Å²) in [6.07, 6.45) is 0. The topological polar surface area (TPSA) is 51.6 Å². The lowest BCUT2D eigenvalue weighted by Crippen LogP contribution is -1.97. The van der Waals surface area contributed by atoms with Crippen LogP contribution in [0.5, 0.6) is 0 Å². The SMILES string of the molecule is c1ccc2c(c1)cc(-c1nc(-c3ccc(-c4nc(-c5cc6ccccc6c6ccccc56)c5ccccc5n4)cc3)c3sc4ccccc4c3n1)c1ccccc12. The normalized spacial score (nSPS) is 11.9. The lowest BCUT2D eigenvalue weighted by molar-refractivity contribution is 1.23. The fraction of sp³-hybridized carbons (Fsp3) is 0. The Hall–Kier alpha value is -7.34. The Labute approximate surface area is 331 Å². The summed E-state index contributed by atoms with van der Waals surface area (Å²) in [6.45, 7) is 0. The summed E-state index contributed by atoms with van der Waals surface area (Å²) < 4.78 is 2.27. The largest absolute Gasteiger partial charge is 0.228 e. The predicted molar refractivity (Wildman–Crippen MR) is 240 cm³/mol. The summed E-state index contributed by atoms with van der Waals surface area (Å²) in [5.41, 5.74) is 7.82. The van der Waals surface area contributed by atoms with Gasteiger partial charge in [-0.05, 0) is 67.4 Å². The molecule has 0 aliphatic carbocycles. The lowest BCUT2D eigenvalue weighted by atomic mass is 9.94. The number of hydrogen-bond acceptors (Lipinski definition) is 5. The first kappa shape index (κ1) is 32.0. The molecule has 0 spiro atoms. The molecule has 0 N–H and O–H groups in total. The monoisotopic (exact) mass is 742 g/mol. The maximum absolute atomic E-state index is 5.41. The third-order valence-corrected chi connectivity index (χ3v) is 12.4. The number of rotatable bonds is 4. The highest BCUT2D eigenvalue weighted by atomic mass is 32.1. The molecule has 9 aromatic carbocycles. The van der Waals surface area contributed by atoms with Crippen LogP contribution in [0.4, 0.5) is 0 Å². The van der Waals surface area contributed by atoms with E-state index in [9.17, 15) is 0 Å². The molecule has 0 radical (unpaired) electrons. The summed E-state index contributed by atoms with van der Waals surface area (Å²) >= 11 is 1.75. The number of para-hydroxylation sites is 1. The highest BCUT2D eigenvalue weighted by Crippen LogP contribution is 2.42. The van der Waals surface area contributed by atoms with Gasteiger partial charge in [-0.2, -0.15) is 0 Å². The molecule has 0 saturated carbocycles. The second-order valence-corrected chi connectivity index (χ2v) is 15.6. The van der Waals surface area contributed by atoms with Crippen LogP contribution in [0.2, 0.25) is 0 Å². The van der Waals surface area contributed by atoms with E-state index in [0.29, 0.717) is 5.82 Å². The van der Waals surface area contributed by atoms with E-state index in [0.717, 1.165) is 71.4 Å². The zero-order valence-electron chi connectivity index (χ0n) is 30.5. The van der Waals surface area contributed by atoms with Crippen molar-refractivity contribution in [3.63, 3.8) is 0 Å². The average Bonchev–Trinajstić information content (AvgIpc) is 3.66. The molecule has 0 fully saturated rings. The molecule has 0 unspecified atom stereocenters. The molecule has 12 rings (SSSR count). The summed E-state index contributed by atoms with van der Waals surface area (Å²) in [5, 5.41) is 11.7. The minimum atomic E-state index is 0.686. The van der Waals surface area contributed by atoms with Gasteiger partial charge in [-0.25, -0.2) is 19.9 Å². The van der Waals surface area contributed by atoms with Crippen LogP contribution in [0.25, 0.3) is 120 Å². The van der Waals surface area contributed by atoms with Gasteiger partial charge in [0.15, 0.2) is 11.6 Å². The molecular formula is C52H30N4S. The van der Waals surface area contributed by atoms with Crippen molar-refractivity contribution in [2.75, 3.05) is 0 Å². The quantitative estimate of drug-likeness (QED) is 0.169. The van der Waals surface area contributed by atoms with Gasteiger partial charge in [-0.15, -0.1) is 11.3 Å². The van der Waals surface area contributed by atoms with Gasteiger partial charge in [0.1, 0.15) is 0 Å². The standard InChI is InChI=1S/C52H30N4S/c1-3-15-35-33(13-1)29-43(39-19-7-5-17-37(35)39)48-41-21-9-11-23-45(41)53-51(55-48)32-27-25-31(26-28-32)47-50-49(42-22-10-12-24-46(42)57-50)56-52(54-47)44-30-34-14-2-4-16-36(34)38-18-6-8-20-40(38)44/h1-30H. The summed E-state index contributed by atoms with van der Waals surface area (Å²) in [6, 6.07) is 64.3. The van der Waals surface area contributed by atoms with Gasteiger partial charge >= 0.3 is 0 Å². The third-order valence-electron chi connectivity index (χ3n) is 11.3. The fourth-order valence-corrected chi connectivity index (χ4v) is 9.74. The molecule has 264 valence electrons. The molecule has 0 aliphatic heterocycles. The third kappa shape index (κ3) is 5.06. The Bertz CT molecular complexity index is 3590. The second kappa shape index (κ2) is 12.6. The first-order valence-electron chi connectivity index (χ1n) is 19.1. The number of hydrogen-bond donors (Lipinski definition) is 0. The van der Waals surface area contributed by atoms with Crippen molar-refractivity contribution in [2.24, 2.45) is 0 Å². The zero-order chi connectivity index (χ0) is 37.5. The van der Waals surface area contributed by atoms with E-state index >= 15 is 0 Å². The highest BCUT2D eigenvalue weighted by Gasteiger charge is 2.20. The van der Waals surface area contributed by atoms with Crippen molar-refractivity contribution < 1.29 is 0 Å². The van der Waals surface area contributed by atoms with Crippen molar-refractivity contribution in [3.8, 4) is 45.3 Å². The first-order chi connectivity index (χ1) is 28.2. The van der Waals surface area contributed by atoms with Crippen LogP contribution >= 0.6 is 11.3 Å². The fourth-order valence-electron chi connectivity index (χ4n) is 8.58. The molecule has 57 heavy (non-hydrogen) atoms. The zero-order valence-corrected chi connectivity index (χ0v) is 31.3.